The van der Waals surface area contributed by atoms with E-state index in [4.69, 9.17) is 0 Å². The number of carbonyl (C=O) groups excluding carboxylic acids is 7. The summed E-state index contributed by atoms with van der Waals surface area (Å²) in [4.78, 5) is 97.0. The normalized spacial score (nSPS) is 25.5. The summed E-state index contributed by atoms with van der Waals surface area (Å²) in [6, 6.07) is 3.45. The quantitative estimate of drug-likeness (QED) is 0.186. The first-order valence-corrected chi connectivity index (χ1v) is 20.3. The van der Waals surface area contributed by atoms with Crippen molar-refractivity contribution < 1.29 is 33.6 Å². The van der Waals surface area contributed by atoms with Gasteiger partial charge in [0, 0.05) is 25.8 Å². The van der Waals surface area contributed by atoms with Crippen LogP contribution < -0.4 is 31.9 Å². The molecule has 2 aliphatic heterocycles. The van der Waals surface area contributed by atoms with Gasteiger partial charge in [0.2, 0.25) is 41.4 Å². The maximum Gasteiger partial charge on any atom is 0.245 e. The Morgan fingerprint density at radius 2 is 1.28 bits per heavy atom. The molecular weight excluding hydrogens is 699 g/mol. The Morgan fingerprint density at radius 1 is 0.736 bits per heavy atom. The summed E-state index contributed by atoms with van der Waals surface area (Å²) < 4.78 is 0. The van der Waals surface area contributed by atoms with E-state index in [1.54, 1.807) is 0 Å². The van der Waals surface area contributed by atoms with Gasteiger partial charge in [-0.25, -0.2) is 0 Å². The van der Waals surface area contributed by atoms with Crippen molar-refractivity contribution in [1.82, 2.24) is 36.8 Å². The van der Waals surface area contributed by atoms with Gasteiger partial charge in [0.25, 0.3) is 0 Å². The second-order valence-corrected chi connectivity index (χ2v) is 14.8. The van der Waals surface area contributed by atoms with Crippen molar-refractivity contribution in [2.45, 2.75) is 134 Å². The van der Waals surface area contributed by atoms with E-state index in [-0.39, 0.29) is 17.9 Å². The highest BCUT2D eigenvalue weighted by molar-refractivity contribution is 8.00. The lowest BCUT2D eigenvalue weighted by Crippen LogP contribution is -2.59. The average Bonchev–Trinajstić information content (AvgIpc) is 3.65. The molecule has 0 bridgehead atoms. The van der Waals surface area contributed by atoms with Crippen LogP contribution in [0.25, 0.3) is 0 Å². The standard InChI is InChI=1S/C38H59N7O7S/c1-5-8-17-26-34(48)43-28(19-10-7-3)38(52)45-21-14-20-31(45)37(51)42-27(18-9-6-2)35(49)44-30(33(47)39-4)23-53-24-32(46)40-29(36(50)41-26)22-25-15-12-11-13-16-25/h11-13,15-16,26-31H,5-10,14,17-24H2,1-4H3,(H,39,47)(H,40,46)(H,41,50)(H,42,51)(H,43,48)(H,44,49)/t26-,27-,28-,29+,30+,31?/m0/s1. The summed E-state index contributed by atoms with van der Waals surface area (Å²) in [5, 5.41) is 16.7. The van der Waals surface area contributed by atoms with Crippen LogP contribution >= 0.6 is 11.8 Å². The smallest absolute Gasteiger partial charge is 0.245 e. The summed E-state index contributed by atoms with van der Waals surface area (Å²) in [6.07, 6.45) is 6.31. The minimum absolute atomic E-state index is 0.0478. The van der Waals surface area contributed by atoms with Crippen molar-refractivity contribution in [3.05, 3.63) is 35.9 Å². The van der Waals surface area contributed by atoms with Crippen LogP contribution in [-0.4, -0.2) is 108 Å². The predicted molar refractivity (Wildman–Crippen MR) is 205 cm³/mol. The van der Waals surface area contributed by atoms with Gasteiger partial charge < -0.3 is 36.8 Å². The molecule has 0 spiro atoms. The van der Waals surface area contributed by atoms with E-state index in [1.165, 1.54) is 11.9 Å². The van der Waals surface area contributed by atoms with Crippen LogP contribution in [0.2, 0.25) is 0 Å². The van der Waals surface area contributed by atoms with E-state index in [0.717, 1.165) is 36.6 Å². The molecule has 6 atom stereocenters. The Balaban J connectivity index is 2.01. The molecule has 15 heteroatoms. The fraction of sp³-hybridized carbons (Fsp3) is 0.658. The Morgan fingerprint density at radius 3 is 1.89 bits per heavy atom. The highest BCUT2D eigenvalue weighted by Gasteiger charge is 2.40. The largest absolute Gasteiger partial charge is 0.357 e. The van der Waals surface area contributed by atoms with Crippen LogP contribution in [0.3, 0.4) is 0 Å². The average molecular weight is 758 g/mol. The van der Waals surface area contributed by atoms with E-state index < -0.39 is 77.6 Å². The highest BCUT2D eigenvalue weighted by atomic mass is 32.2. The maximum absolute atomic E-state index is 14.2. The number of fused-ring (bicyclic) bond motifs is 1. The summed E-state index contributed by atoms with van der Waals surface area (Å²) in [5.74, 6) is -3.46. The molecule has 1 unspecified atom stereocenters. The molecule has 1 aromatic rings. The lowest BCUT2D eigenvalue weighted by molar-refractivity contribution is -0.142. The Bertz CT molecular complexity index is 1400. The number of benzene rings is 1. The van der Waals surface area contributed by atoms with Gasteiger partial charge in [-0.05, 0) is 37.7 Å². The topological polar surface area (TPSA) is 195 Å². The zero-order chi connectivity index (χ0) is 38.8. The molecule has 0 radical (unpaired) electrons. The molecule has 7 amide bonds. The van der Waals surface area contributed by atoms with Gasteiger partial charge >= 0.3 is 0 Å². The van der Waals surface area contributed by atoms with Crippen LogP contribution in [-0.2, 0) is 40.0 Å². The number of thioether (sulfide) groups is 1. The van der Waals surface area contributed by atoms with Crippen molar-refractivity contribution >= 4 is 53.1 Å². The third-order valence-electron chi connectivity index (χ3n) is 9.59. The Labute approximate surface area is 317 Å². The van der Waals surface area contributed by atoms with Gasteiger partial charge in [0.15, 0.2) is 0 Å². The molecule has 0 saturated carbocycles. The van der Waals surface area contributed by atoms with Gasteiger partial charge in [-0.2, -0.15) is 0 Å². The number of amides is 7. The predicted octanol–water partition coefficient (Wildman–Crippen LogP) is 1.71. The van der Waals surface area contributed by atoms with Crippen molar-refractivity contribution in [3.63, 3.8) is 0 Å². The fourth-order valence-electron chi connectivity index (χ4n) is 6.53. The third-order valence-corrected chi connectivity index (χ3v) is 10.6. The van der Waals surface area contributed by atoms with E-state index in [2.05, 4.69) is 31.9 Å². The second kappa shape index (κ2) is 22.8. The highest BCUT2D eigenvalue weighted by Crippen LogP contribution is 2.21. The first kappa shape index (κ1) is 43.3. The van der Waals surface area contributed by atoms with Crippen LogP contribution in [0.5, 0.6) is 0 Å². The van der Waals surface area contributed by atoms with Crippen LogP contribution in [0.4, 0.5) is 0 Å². The zero-order valence-electron chi connectivity index (χ0n) is 31.7. The number of nitrogens with zero attached hydrogens (tertiary/aromatic N) is 1. The molecule has 3 rings (SSSR count). The molecule has 0 aromatic heterocycles. The van der Waals surface area contributed by atoms with E-state index in [0.29, 0.717) is 57.9 Å². The molecular formula is C38H59N7O7S. The minimum atomic E-state index is -1.02. The van der Waals surface area contributed by atoms with Gasteiger partial charge in [-0.1, -0.05) is 89.6 Å². The molecule has 53 heavy (non-hydrogen) atoms. The van der Waals surface area contributed by atoms with Crippen LogP contribution in [0.15, 0.2) is 30.3 Å². The van der Waals surface area contributed by atoms with E-state index >= 15 is 0 Å². The second-order valence-electron chi connectivity index (χ2n) is 13.8. The lowest BCUT2D eigenvalue weighted by atomic mass is 10.0. The third kappa shape index (κ3) is 13.7. The molecule has 2 saturated heterocycles. The number of unbranched alkanes of at least 4 members (excludes halogenated alkanes) is 3. The van der Waals surface area contributed by atoms with Gasteiger partial charge in [-0.15, -0.1) is 11.8 Å². The first-order chi connectivity index (χ1) is 25.5. The summed E-state index contributed by atoms with van der Waals surface area (Å²) in [7, 11) is 1.45. The number of likely N-dealkylation sites (N-methyl/N-ethyl adjacent to an activating group) is 1. The van der Waals surface area contributed by atoms with Crippen molar-refractivity contribution in [2.75, 3.05) is 25.1 Å². The van der Waals surface area contributed by atoms with Crippen molar-refractivity contribution in [3.8, 4) is 0 Å². The Kier molecular flexibility index (Phi) is 18.6. The van der Waals surface area contributed by atoms with Crippen LogP contribution in [0, 0.1) is 0 Å². The summed E-state index contributed by atoms with van der Waals surface area (Å²) in [6.45, 7) is 6.23. The number of carbonyl (C=O) groups is 7. The van der Waals surface area contributed by atoms with E-state index in [9.17, 15) is 33.6 Å². The molecule has 2 fully saturated rings. The molecule has 6 N–H and O–H groups in total. The van der Waals surface area contributed by atoms with Gasteiger partial charge in [0.05, 0.1) is 5.75 Å². The molecule has 294 valence electrons. The maximum atomic E-state index is 14.2. The molecule has 1 aromatic carbocycles. The lowest BCUT2D eigenvalue weighted by Gasteiger charge is -2.31. The SMILES string of the molecule is CCCC[C@@H]1NC(=O)C2CCCN2C(=O)[C@H](CCCC)NC(=O)[C@H](CCCC)NC(=O)[C@@H](Cc2ccccc2)NC(=O)CSC[C@H](C(=O)NC)NC1=O. The van der Waals surface area contributed by atoms with Crippen molar-refractivity contribution in [2.24, 2.45) is 0 Å². The van der Waals surface area contributed by atoms with Crippen LogP contribution in [0.1, 0.15) is 97.0 Å². The number of nitrogens with one attached hydrogen (secondary N) is 6. The number of hydrogen-bond donors (Lipinski definition) is 6. The molecule has 2 heterocycles. The fourth-order valence-corrected chi connectivity index (χ4v) is 7.39. The monoisotopic (exact) mass is 757 g/mol. The summed E-state index contributed by atoms with van der Waals surface area (Å²) in [5.41, 5.74) is 0.800. The Hall–Kier alpha value is -4.14. The number of rotatable bonds is 12. The molecule has 0 aliphatic carbocycles. The summed E-state index contributed by atoms with van der Waals surface area (Å²) >= 11 is 1.11. The van der Waals surface area contributed by atoms with Gasteiger partial charge in [-0.3, -0.25) is 33.6 Å². The van der Waals surface area contributed by atoms with Gasteiger partial charge in [0.1, 0.15) is 36.3 Å². The first-order valence-electron chi connectivity index (χ1n) is 19.2. The molecule has 14 nitrogen and oxygen atoms in total. The number of hydrogen-bond acceptors (Lipinski definition) is 8. The van der Waals surface area contributed by atoms with E-state index in [1.807, 2.05) is 51.1 Å². The zero-order valence-corrected chi connectivity index (χ0v) is 32.5. The van der Waals surface area contributed by atoms with Crippen molar-refractivity contribution in [1.29, 1.82) is 0 Å². The molecule has 2 aliphatic rings. The minimum Gasteiger partial charge on any atom is -0.357 e.